The van der Waals surface area contributed by atoms with E-state index in [1.807, 2.05) is 0 Å². The number of halogens is 2. The van der Waals surface area contributed by atoms with E-state index in [2.05, 4.69) is 30.9 Å². The second kappa shape index (κ2) is 9.71. The van der Waals surface area contributed by atoms with E-state index in [0.717, 1.165) is 18.5 Å². The number of aromatic nitrogens is 6. The van der Waals surface area contributed by atoms with Crippen LogP contribution >= 0.6 is 23.2 Å². The van der Waals surface area contributed by atoms with Crippen molar-refractivity contribution in [2.45, 2.75) is 32.2 Å². The first-order chi connectivity index (χ1) is 17.3. The van der Waals surface area contributed by atoms with Crippen molar-refractivity contribution < 1.29 is 9.59 Å². The van der Waals surface area contributed by atoms with Crippen LogP contribution in [0, 0.1) is 6.92 Å². The molecular weight excluding hydrogens is 503 g/mol. The van der Waals surface area contributed by atoms with Gasteiger partial charge in [0.2, 0.25) is 0 Å². The molecule has 0 spiro atoms. The lowest BCUT2D eigenvalue weighted by atomic mass is 10.1. The van der Waals surface area contributed by atoms with Crippen molar-refractivity contribution in [3.8, 4) is 5.82 Å². The molecule has 1 saturated carbocycles. The lowest BCUT2D eigenvalue weighted by molar-refractivity contribution is 0.0964. The van der Waals surface area contributed by atoms with Crippen molar-refractivity contribution >= 4 is 40.7 Å². The minimum atomic E-state index is -0.502. The quantitative estimate of drug-likeness (QED) is 0.376. The second-order valence-corrected chi connectivity index (χ2v) is 9.34. The van der Waals surface area contributed by atoms with Crippen LogP contribution in [-0.4, -0.2) is 48.6 Å². The molecule has 0 saturated heterocycles. The van der Waals surface area contributed by atoms with Crippen LogP contribution in [0.2, 0.25) is 10.0 Å². The molecule has 1 aliphatic rings. The van der Waals surface area contributed by atoms with E-state index in [4.69, 9.17) is 23.2 Å². The predicted octanol–water partition coefficient (Wildman–Crippen LogP) is 4.01. The van der Waals surface area contributed by atoms with Gasteiger partial charge in [0.15, 0.2) is 5.82 Å². The fourth-order valence-electron chi connectivity index (χ4n) is 3.86. The van der Waals surface area contributed by atoms with Crippen LogP contribution in [0.15, 0.2) is 42.7 Å². The fourth-order valence-corrected chi connectivity index (χ4v) is 4.34. The number of nitrogens with zero attached hydrogens (tertiary/aromatic N) is 6. The molecule has 0 aliphatic heterocycles. The molecule has 10 nitrogen and oxygen atoms in total. The topological polar surface area (TPSA) is 120 Å². The number of hydrogen-bond donors (Lipinski definition) is 2. The maximum absolute atomic E-state index is 13.5. The largest absolute Gasteiger partial charge is 0.355 e. The van der Waals surface area contributed by atoms with Crippen LogP contribution in [0.4, 0.5) is 5.69 Å². The second-order valence-electron chi connectivity index (χ2n) is 8.49. The Labute approximate surface area is 216 Å². The average molecular weight is 525 g/mol. The Kier molecular flexibility index (Phi) is 6.46. The molecular formula is C24H22Cl2N8O2. The highest BCUT2D eigenvalue weighted by Gasteiger charge is 2.27. The van der Waals surface area contributed by atoms with Crippen LogP contribution in [0.25, 0.3) is 5.82 Å². The van der Waals surface area contributed by atoms with Gasteiger partial charge in [-0.05, 0) is 55.7 Å². The van der Waals surface area contributed by atoms with Gasteiger partial charge in [0.25, 0.3) is 11.8 Å². The van der Waals surface area contributed by atoms with Crippen LogP contribution in [0.5, 0.6) is 0 Å². The van der Waals surface area contributed by atoms with E-state index >= 15 is 0 Å². The number of carbonyl (C=O) groups is 2. The van der Waals surface area contributed by atoms with E-state index in [9.17, 15) is 9.59 Å². The van der Waals surface area contributed by atoms with Crippen LogP contribution in [0.3, 0.4) is 0 Å². The Morgan fingerprint density at radius 2 is 1.94 bits per heavy atom. The summed E-state index contributed by atoms with van der Waals surface area (Å²) in [5, 5.41) is 19.6. The third kappa shape index (κ3) is 4.82. The number of nitrogens with one attached hydrogen (secondary N) is 2. The van der Waals surface area contributed by atoms with Crippen molar-refractivity contribution in [2.75, 3.05) is 12.4 Å². The molecule has 0 atom stereocenters. The van der Waals surface area contributed by atoms with Gasteiger partial charge in [-0.25, -0.2) is 9.67 Å². The Balaban J connectivity index is 1.52. The molecule has 0 radical (unpaired) electrons. The van der Waals surface area contributed by atoms with Crippen molar-refractivity contribution in [2.24, 2.45) is 0 Å². The summed E-state index contributed by atoms with van der Waals surface area (Å²) in [6, 6.07) is 8.16. The SMILES string of the molecule is CNC(=O)c1cc(Cl)cc(C)c1NC(=O)c1cc(Cn2ncc(C3CC3)n2)nn1-c1ncccc1Cl. The normalized spacial score (nSPS) is 13.0. The molecule has 2 N–H and O–H groups in total. The molecule has 0 unspecified atom stereocenters. The predicted molar refractivity (Wildman–Crippen MR) is 135 cm³/mol. The molecule has 12 heteroatoms. The molecule has 1 aliphatic carbocycles. The number of benzene rings is 1. The summed E-state index contributed by atoms with van der Waals surface area (Å²) in [5.74, 6) is -0.114. The zero-order valence-corrected chi connectivity index (χ0v) is 21.0. The van der Waals surface area contributed by atoms with E-state index < -0.39 is 5.91 Å². The van der Waals surface area contributed by atoms with Crippen molar-refractivity contribution in [3.05, 3.63) is 81.0 Å². The first-order valence-corrected chi connectivity index (χ1v) is 12.0. The number of anilines is 1. The molecule has 0 bridgehead atoms. The molecule has 3 heterocycles. The number of rotatable bonds is 7. The summed E-state index contributed by atoms with van der Waals surface area (Å²) < 4.78 is 1.38. The maximum Gasteiger partial charge on any atom is 0.274 e. The van der Waals surface area contributed by atoms with Gasteiger partial charge in [-0.1, -0.05) is 23.2 Å². The summed E-state index contributed by atoms with van der Waals surface area (Å²) in [4.78, 5) is 31.9. The number of carbonyl (C=O) groups excluding carboxylic acids is 2. The van der Waals surface area contributed by atoms with Crippen LogP contribution in [0.1, 0.15) is 56.6 Å². The maximum atomic E-state index is 13.5. The molecule has 3 aromatic heterocycles. The highest BCUT2D eigenvalue weighted by Crippen LogP contribution is 2.38. The smallest absolute Gasteiger partial charge is 0.274 e. The summed E-state index contributed by atoms with van der Waals surface area (Å²) in [7, 11) is 1.51. The van der Waals surface area contributed by atoms with Gasteiger partial charge in [0.1, 0.15) is 12.2 Å². The minimum absolute atomic E-state index is 0.178. The molecule has 5 rings (SSSR count). The minimum Gasteiger partial charge on any atom is -0.355 e. The summed E-state index contributed by atoms with van der Waals surface area (Å²) in [6.45, 7) is 2.01. The van der Waals surface area contributed by atoms with E-state index in [1.165, 1.54) is 17.8 Å². The van der Waals surface area contributed by atoms with Gasteiger partial charge in [0, 0.05) is 24.2 Å². The monoisotopic (exact) mass is 524 g/mol. The Bertz CT molecular complexity index is 1470. The molecule has 1 aromatic carbocycles. The number of pyridine rings is 1. The summed E-state index contributed by atoms with van der Waals surface area (Å²) in [6.07, 6.45) is 5.58. The molecule has 4 aromatic rings. The number of amides is 2. The first kappa shape index (κ1) is 24.0. The number of hydrogen-bond acceptors (Lipinski definition) is 6. The zero-order chi connectivity index (χ0) is 25.4. The third-order valence-electron chi connectivity index (χ3n) is 5.80. The number of aryl methyl sites for hydroxylation is 1. The summed E-state index contributed by atoms with van der Waals surface area (Å²) in [5.41, 5.74) is 2.89. The Hall–Kier alpha value is -3.76. The van der Waals surface area contributed by atoms with Crippen LogP contribution in [-0.2, 0) is 6.54 Å². The standard InChI is InChI=1S/C24H22Cl2N8O2/c1-13-8-15(25)9-17(23(35)27-2)21(13)30-24(36)20-10-16(12-33-29-11-19(32-33)14-5-6-14)31-34(20)22-18(26)4-3-7-28-22/h3-4,7-11,14H,5-6,12H2,1-2H3,(H,27,35)(H,30,36). The molecule has 2 amide bonds. The van der Waals surface area contributed by atoms with E-state index in [0.29, 0.717) is 38.7 Å². The summed E-state index contributed by atoms with van der Waals surface area (Å²) >= 11 is 12.5. The highest BCUT2D eigenvalue weighted by molar-refractivity contribution is 6.32. The first-order valence-electron chi connectivity index (χ1n) is 11.3. The van der Waals surface area contributed by atoms with Crippen molar-refractivity contribution in [1.82, 2.24) is 35.1 Å². The molecule has 184 valence electrons. The van der Waals surface area contributed by atoms with Crippen molar-refractivity contribution in [3.63, 3.8) is 0 Å². The van der Waals surface area contributed by atoms with Gasteiger partial charge >= 0.3 is 0 Å². The fraction of sp³-hybridized carbons (Fsp3) is 0.250. The zero-order valence-electron chi connectivity index (χ0n) is 19.5. The van der Waals surface area contributed by atoms with E-state index in [1.54, 1.807) is 48.4 Å². The molecule has 1 fully saturated rings. The van der Waals surface area contributed by atoms with Gasteiger partial charge in [-0.3, -0.25) is 9.59 Å². The Morgan fingerprint density at radius 3 is 2.67 bits per heavy atom. The average Bonchev–Trinajstić information content (AvgIpc) is 3.46. The third-order valence-corrected chi connectivity index (χ3v) is 6.31. The highest BCUT2D eigenvalue weighted by atomic mass is 35.5. The Morgan fingerprint density at radius 1 is 1.14 bits per heavy atom. The lowest BCUT2D eigenvalue weighted by Gasteiger charge is -2.14. The van der Waals surface area contributed by atoms with Crippen molar-refractivity contribution in [1.29, 1.82) is 0 Å². The van der Waals surface area contributed by atoms with Crippen LogP contribution < -0.4 is 10.6 Å². The van der Waals surface area contributed by atoms with Gasteiger partial charge in [-0.2, -0.15) is 20.1 Å². The lowest BCUT2D eigenvalue weighted by Crippen LogP contribution is -2.23. The van der Waals surface area contributed by atoms with E-state index in [-0.39, 0.29) is 23.7 Å². The van der Waals surface area contributed by atoms with Gasteiger partial charge in [0.05, 0.1) is 33.9 Å². The van der Waals surface area contributed by atoms with Gasteiger partial charge < -0.3 is 10.6 Å². The molecule has 36 heavy (non-hydrogen) atoms. The van der Waals surface area contributed by atoms with Gasteiger partial charge in [-0.15, -0.1) is 0 Å².